The van der Waals surface area contributed by atoms with E-state index < -0.39 is 23.6 Å². The molecule has 7 heteroatoms. The predicted molar refractivity (Wildman–Crippen MR) is 124 cm³/mol. The van der Waals surface area contributed by atoms with Crippen molar-refractivity contribution in [3.05, 3.63) is 34.9 Å². The van der Waals surface area contributed by atoms with E-state index >= 15 is 0 Å². The van der Waals surface area contributed by atoms with Crippen molar-refractivity contribution >= 4 is 17.9 Å². The smallest absolute Gasteiger partial charge is 0.408 e. The quantitative estimate of drug-likeness (QED) is 0.520. The molecule has 1 aliphatic rings. The van der Waals surface area contributed by atoms with Gasteiger partial charge in [0.1, 0.15) is 18.2 Å². The van der Waals surface area contributed by atoms with Crippen molar-refractivity contribution < 1.29 is 19.1 Å². The molecule has 0 bridgehead atoms. The van der Waals surface area contributed by atoms with Crippen LogP contribution in [0.3, 0.4) is 0 Å². The van der Waals surface area contributed by atoms with Gasteiger partial charge in [-0.05, 0) is 58.6 Å². The number of alkyl carbamates (subject to hydrolysis) is 1. The Balaban J connectivity index is 2.25. The number of nitrogens with one attached hydrogen (secondary N) is 2. The summed E-state index contributed by atoms with van der Waals surface area (Å²) in [7, 11) is 0. The van der Waals surface area contributed by atoms with Crippen molar-refractivity contribution in [2.75, 3.05) is 6.54 Å². The van der Waals surface area contributed by atoms with Gasteiger partial charge in [0.2, 0.25) is 5.91 Å². The molecule has 0 heterocycles. The Morgan fingerprint density at radius 1 is 1.19 bits per heavy atom. The fraction of sp³-hybridized carbons (Fsp3) is 0.560. The summed E-state index contributed by atoms with van der Waals surface area (Å²) in [5.41, 5.74) is 1.87. The summed E-state index contributed by atoms with van der Waals surface area (Å²) in [6, 6.07) is 7.11. The lowest BCUT2D eigenvalue weighted by Crippen LogP contribution is -2.48. The van der Waals surface area contributed by atoms with Gasteiger partial charge in [-0.3, -0.25) is 14.5 Å². The van der Waals surface area contributed by atoms with E-state index in [1.165, 1.54) is 0 Å². The summed E-state index contributed by atoms with van der Waals surface area (Å²) in [5.74, 6) is -0.880. The van der Waals surface area contributed by atoms with Gasteiger partial charge in [-0.15, -0.1) is 0 Å². The second-order valence-electron chi connectivity index (χ2n) is 9.35. The van der Waals surface area contributed by atoms with E-state index in [-0.39, 0.29) is 18.5 Å². The molecule has 174 valence electrons. The van der Waals surface area contributed by atoms with Crippen LogP contribution in [0, 0.1) is 26.3 Å². The standard InChI is InChI=1S/C25H35N3O4/c1-7-28(21(29)16-26-24(31)32-25(4,5)6)22(20-14-13-17(2)15-18(20)3)23(30)27-19-11-9-8-10-12-19/h1,13-15,19,22H,8-12,16H2,2-6H3,(H,26,31)(H,27,30). The van der Waals surface area contributed by atoms with Crippen LogP contribution in [0.25, 0.3) is 0 Å². The third kappa shape index (κ3) is 7.30. The van der Waals surface area contributed by atoms with Crippen molar-refractivity contribution in [1.29, 1.82) is 0 Å². The second-order valence-corrected chi connectivity index (χ2v) is 9.35. The van der Waals surface area contributed by atoms with Crippen LogP contribution in [0.5, 0.6) is 0 Å². The van der Waals surface area contributed by atoms with Gasteiger partial charge in [0.25, 0.3) is 5.91 Å². The summed E-state index contributed by atoms with van der Waals surface area (Å²) in [4.78, 5) is 39.4. The van der Waals surface area contributed by atoms with Crippen molar-refractivity contribution in [2.24, 2.45) is 0 Å². The molecule has 1 aliphatic carbocycles. The molecule has 0 spiro atoms. The predicted octanol–water partition coefficient (Wildman–Crippen LogP) is 3.74. The molecule has 1 aromatic rings. The summed E-state index contributed by atoms with van der Waals surface area (Å²) >= 11 is 0. The fourth-order valence-electron chi connectivity index (χ4n) is 3.89. The number of carbonyl (C=O) groups is 3. The molecule has 0 aromatic heterocycles. The average molecular weight is 442 g/mol. The number of ether oxygens (including phenoxy) is 1. The number of nitrogens with zero attached hydrogens (tertiary/aromatic N) is 1. The third-order valence-electron chi connectivity index (χ3n) is 5.37. The third-order valence-corrected chi connectivity index (χ3v) is 5.37. The minimum Gasteiger partial charge on any atom is -0.444 e. The maximum atomic E-state index is 13.4. The molecule has 2 rings (SSSR count). The van der Waals surface area contributed by atoms with Crippen LogP contribution in [0.15, 0.2) is 18.2 Å². The number of terminal acetylenes is 1. The van der Waals surface area contributed by atoms with Gasteiger partial charge in [-0.2, -0.15) is 0 Å². The van der Waals surface area contributed by atoms with Gasteiger partial charge >= 0.3 is 6.09 Å². The highest BCUT2D eigenvalue weighted by atomic mass is 16.6. The summed E-state index contributed by atoms with van der Waals surface area (Å²) in [6.45, 7) is 8.66. The zero-order valence-electron chi connectivity index (χ0n) is 19.8. The van der Waals surface area contributed by atoms with Gasteiger partial charge < -0.3 is 15.4 Å². The topological polar surface area (TPSA) is 87.7 Å². The molecule has 32 heavy (non-hydrogen) atoms. The molecule has 1 atom stereocenters. The maximum absolute atomic E-state index is 13.4. The molecule has 3 amide bonds. The lowest BCUT2D eigenvalue weighted by Gasteiger charge is -2.31. The SMILES string of the molecule is C#CN(C(=O)CNC(=O)OC(C)(C)C)C(C(=O)NC1CCCCC1)c1ccc(C)cc1C. The molecule has 1 saturated carbocycles. The first-order valence-corrected chi connectivity index (χ1v) is 11.1. The second kappa shape index (κ2) is 11.0. The molecule has 0 radical (unpaired) electrons. The fourth-order valence-corrected chi connectivity index (χ4v) is 3.89. The monoisotopic (exact) mass is 441 g/mol. The molecule has 0 aliphatic heterocycles. The molecule has 2 N–H and O–H groups in total. The van der Waals surface area contributed by atoms with Crippen LogP contribution < -0.4 is 10.6 Å². The van der Waals surface area contributed by atoms with E-state index in [9.17, 15) is 14.4 Å². The average Bonchev–Trinajstić information content (AvgIpc) is 2.70. The van der Waals surface area contributed by atoms with E-state index in [1.54, 1.807) is 20.8 Å². The molecule has 1 aromatic carbocycles. The molecule has 1 unspecified atom stereocenters. The normalized spacial score (nSPS) is 15.2. The number of aryl methyl sites for hydroxylation is 2. The first-order chi connectivity index (χ1) is 15.0. The van der Waals surface area contributed by atoms with Crippen LogP contribution in [0.1, 0.15) is 75.6 Å². The van der Waals surface area contributed by atoms with Crippen LogP contribution >= 0.6 is 0 Å². The molecular weight excluding hydrogens is 406 g/mol. The Morgan fingerprint density at radius 3 is 2.41 bits per heavy atom. The first kappa shape index (κ1) is 25.3. The van der Waals surface area contributed by atoms with Gasteiger partial charge in [-0.25, -0.2) is 4.79 Å². The summed E-state index contributed by atoms with van der Waals surface area (Å²) in [5, 5.41) is 5.51. The minimum atomic E-state index is -0.990. The molecule has 0 saturated heterocycles. The highest BCUT2D eigenvalue weighted by molar-refractivity contribution is 5.92. The van der Waals surface area contributed by atoms with Crippen LogP contribution in [0.2, 0.25) is 0 Å². The number of amides is 3. The van der Waals surface area contributed by atoms with Crippen LogP contribution in [0.4, 0.5) is 4.79 Å². The Labute approximate surface area is 191 Å². The van der Waals surface area contributed by atoms with Gasteiger partial charge in [0.05, 0.1) is 0 Å². The van der Waals surface area contributed by atoms with Crippen LogP contribution in [-0.2, 0) is 14.3 Å². The van der Waals surface area contributed by atoms with E-state index in [0.29, 0.717) is 5.56 Å². The highest BCUT2D eigenvalue weighted by Crippen LogP contribution is 2.26. The van der Waals surface area contributed by atoms with Crippen molar-refractivity contribution in [1.82, 2.24) is 15.5 Å². The van der Waals surface area contributed by atoms with Crippen molar-refractivity contribution in [3.63, 3.8) is 0 Å². The number of hydrogen-bond donors (Lipinski definition) is 2. The highest BCUT2D eigenvalue weighted by Gasteiger charge is 2.33. The summed E-state index contributed by atoms with van der Waals surface area (Å²) < 4.78 is 5.18. The van der Waals surface area contributed by atoms with Crippen LogP contribution in [-0.4, -0.2) is 41.0 Å². The van der Waals surface area contributed by atoms with Gasteiger partial charge in [-0.1, -0.05) is 49.4 Å². The van der Waals surface area contributed by atoms with E-state index in [1.807, 2.05) is 32.0 Å². The zero-order valence-corrected chi connectivity index (χ0v) is 19.8. The lowest BCUT2D eigenvalue weighted by molar-refractivity contribution is -0.137. The van der Waals surface area contributed by atoms with E-state index in [2.05, 4.69) is 16.7 Å². The number of rotatable bonds is 6. The Kier molecular flexibility index (Phi) is 8.71. The van der Waals surface area contributed by atoms with Crippen molar-refractivity contribution in [3.8, 4) is 12.5 Å². The van der Waals surface area contributed by atoms with Gasteiger partial charge in [0, 0.05) is 12.1 Å². The Morgan fingerprint density at radius 2 is 1.84 bits per heavy atom. The molecular formula is C25H35N3O4. The molecule has 1 fully saturated rings. The minimum absolute atomic E-state index is 0.0686. The maximum Gasteiger partial charge on any atom is 0.408 e. The largest absolute Gasteiger partial charge is 0.444 e. The number of benzene rings is 1. The zero-order chi connectivity index (χ0) is 23.9. The number of carbonyl (C=O) groups excluding carboxylic acids is 3. The summed E-state index contributed by atoms with van der Waals surface area (Å²) in [6.07, 6.45) is 10.1. The Hall–Kier alpha value is -3.01. The number of hydrogen-bond acceptors (Lipinski definition) is 4. The lowest BCUT2D eigenvalue weighted by atomic mass is 9.93. The van der Waals surface area contributed by atoms with E-state index in [0.717, 1.165) is 48.1 Å². The first-order valence-electron chi connectivity index (χ1n) is 11.1. The molecule has 7 nitrogen and oxygen atoms in total. The van der Waals surface area contributed by atoms with Crippen molar-refractivity contribution in [2.45, 2.75) is 84.4 Å². The Bertz CT molecular complexity index is 876. The van der Waals surface area contributed by atoms with E-state index in [4.69, 9.17) is 11.2 Å². The van der Waals surface area contributed by atoms with Gasteiger partial charge in [0.15, 0.2) is 0 Å².